The summed E-state index contributed by atoms with van der Waals surface area (Å²) in [7, 11) is 0. The third kappa shape index (κ3) is 4.03. The van der Waals surface area contributed by atoms with Gasteiger partial charge in [-0.2, -0.15) is 5.26 Å². The number of nitrogens with one attached hydrogen (secondary N) is 1. The molecule has 22 heavy (non-hydrogen) atoms. The highest BCUT2D eigenvalue weighted by molar-refractivity contribution is 6.01. The predicted octanol–water partition coefficient (Wildman–Crippen LogP) is 3.61. The first kappa shape index (κ1) is 15.5. The number of amides is 1. The van der Waals surface area contributed by atoms with Crippen molar-refractivity contribution in [2.75, 3.05) is 0 Å². The average molecular weight is 294 g/mol. The van der Waals surface area contributed by atoms with Crippen molar-refractivity contribution in [1.82, 2.24) is 5.32 Å². The fourth-order valence-electron chi connectivity index (χ4n) is 1.97. The summed E-state index contributed by atoms with van der Waals surface area (Å²) in [6.07, 6.45) is 1.44. The highest BCUT2D eigenvalue weighted by Crippen LogP contribution is 2.13. The molecule has 3 nitrogen and oxygen atoms in total. The van der Waals surface area contributed by atoms with Crippen LogP contribution in [0.25, 0.3) is 6.08 Å². The van der Waals surface area contributed by atoms with Gasteiger partial charge in [-0.3, -0.25) is 4.79 Å². The monoisotopic (exact) mass is 294 g/mol. The Hall–Kier alpha value is -2.93. The van der Waals surface area contributed by atoms with Gasteiger partial charge < -0.3 is 5.32 Å². The van der Waals surface area contributed by atoms with E-state index in [2.05, 4.69) is 5.32 Å². The van der Waals surface area contributed by atoms with Crippen molar-refractivity contribution < 1.29 is 9.18 Å². The molecule has 0 radical (unpaired) electrons. The molecule has 0 aromatic heterocycles. The number of nitrogens with zero attached hydrogens (tertiary/aromatic N) is 1. The van der Waals surface area contributed by atoms with Crippen LogP contribution >= 0.6 is 0 Å². The first-order chi connectivity index (χ1) is 10.6. The minimum Gasteiger partial charge on any atom is -0.345 e. The van der Waals surface area contributed by atoms with Crippen LogP contribution in [0.4, 0.5) is 4.39 Å². The van der Waals surface area contributed by atoms with Crippen molar-refractivity contribution in [3.63, 3.8) is 0 Å². The van der Waals surface area contributed by atoms with E-state index >= 15 is 0 Å². The molecule has 2 rings (SSSR count). The quantitative estimate of drug-likeness (QED) is 0.692. The van der Waals surface area contributed by atoms with Gasteiger partial charge in [0.05, 0.1) is 6.04 Å². The Kier molecular flexibility index (Phi) is 5.05. The molecule has 0 heterocycles. The Morgan fingerprint density at radius 1 is 1.18 bits per heavy atom. The molecule has 0 saturated heterocycles. The highest BCUT2D eigenvalue weighted by atomic mass is 19.1. The van der Waals surface area contributed by atoms with Crippen LogP contribution in [0.15, 0.2) is 60.2 Å². The zero-order valence-corrected chi connectivity index (χ0v) is 12.1. The lowest BCUT2D eigenvalue weighted by atomic mass is 10.1. The number of hydrogen-bond acceptors (Lipinski definition) is 2. The number of carbonyl (C=O) groups excluding carboxylic acids is 1. The normalized spacial score (nSPS) is 12.3. The second kappa shape index (κ2) is 7.19. The number of hydrogen-bond donors (Lipinski definition) is 1. The van der Waals surface area contributed by atoms with Crippen LogP contribution in [0.1, 0.15) is 24.1 Å². The smallest absolute Gasteiger partial charge is 0.262 e. The van der Waals surface area contributed by atoms with E-state index in [0.29, 0.717) is 5.56 Å². The van der Waals surface area contributed by atoms with Gasteiger partial charge in [-0.1, -0.05) is 42.5 Å². The van der Waals surface area contributed by atoms with Crippen molar-refractivity contribution in [3.8, 4) is 6.07 Å². The largest absolute Gasteiger partial charge is 0.345 e. The lowest BCUT2D eigenvalue weighted by Gasteiger charge is -2.13. The molecule has 1 amide bonds. The molecular weight excluding hydrogens is 279 g/mol. The molecule has 0 aliphatic carbocycles. The summed E-state index contributed by atoms with van der Waals surface area (Å²) in [5.74, 6) is -0.819. The summed E-state index contributed by atoms with van der Waals surface area (Å²) in [5, 5.41) is 11.9. The predicted molar refractivity (Wildman–Crippen MR) is 83.0 cm³/mol. The van der Waals surface area contributed by atoms with Gasteiger partial charge in [-0.05, 0) is 36.3 Å². The van der Waals surface area contributed by atoms with Crippen LogP contribution < -0.4 is 5.32 Å². The molecule has 0 aliphatic rings. The Bertz CT molecular complexity index is 715. The van der Waals surface area contributed by atoms with E-state index in [9.17, 15) is 9.18 Å². The molecule has 0 saturated carbocycles. The van der Waals surface area contributed by atoms with Gasteiger partial charge in [0.2, 0.25) is 0 Å². The summed E-state index contributed by atoms with van der Waals surface area (Å²) < 4.78 is 12.9. The fourth-order valence-corrected chi connectivity index (χ4v) is 1.97. The van der Waals surface area contributed by atoms with E-state index in [4.69, 9.17) is 5.26 Å². The van der Waals surface area contributed by atoms with Crippen LogP contribution in [-0.2, 0) is 4.79 Å². The van der Waals surface area contributed by atoms with Gasteiger partial charge in [0, 0.05) is 0 Å². The topological polar surface area (TPSA) is 52.9 Å². The Balaban J connectivity index is 2.12. The Labute approximate surface area is 128 Å². The molecule has 4 heteroatoms. The lowest BCUT2D eigenvalue weighted by Crippen LogP contribution is -2.27. The second-order valence-electron chi connectivity index (χ2n) is 4.83. The van der Waals surface area contributed by atoms with Gasteiger partial charge in [-0.25, -0.2) is 4.39 Å². The van der Waals surface area contributed by atoms with Gasteiger partial charge in [0.1, 0.15) is 17.5 Å². The molecule has 0 unspecified atom stereocenters. The van der Waals surface area contributed by atoms with E-state index in [-0.39, 0.29) is 17.4 Å². The van der Waals surface area contributed by atoms with Crippen LogP contribution in [0, 0.1) is 17.1 Å². The Morgan fingerprint density at radius 3 is 2.41 bits per heavy atom. The van der Waals surface area contributed by atoms with E-state index in [1.807, 2.05) is 43.3 Å². The minimum atomic E-state index is -0.455. The van der Waals surface area contributed by atoms with Crippen molar-refractivity contribution in [2.24, 2.45) is 0 Å². The zero-order chi connectivity index (χ0) is 15.9. The first-order valence-electron chi connectivity index (χ1n) is 6.83. The SMILES string of the molecule is C[C@@H](NC(=O)/C(C#N)=C\c1ccc(F)cc1)c1ccccc1. The molecule has 2 aromatic carbocycles. The minimum absolute atomic E-state index is 0.0191. The van der Waals surface area contributed by atoms with Crippen LogP contribution in [0.2, 0.25) is 0 Å². The molecule has 0 aliphatic heterocycles. The average Bonchev–Trinajstić information content (AvgIpc) is 2.55. The molecule has 2 aromatic rings. The second-order valence-corrected chi connectivity index (χ2v) is 4.83. The van der Waals surface area contributed by atoms with Crippen molar-refractivity contribution >= 4 is 12.0 Å². The van der Waals surface area contributed by atoms with E-state index < -0.39 is 5.91 Å². The standard InChI is InChI=1S/C18H15FN2O/c1-13(15-5-3-2-4-6-15)21-18(22)16(12-20)11-14-7-9-17(19)10-8-14/h2-11,13H,1H3,(H,21,22)/b16-11-/t13-/m1/s1. The molecule has 1 atom stereocenters. The van der Waals surface area contributed by atoms with Gasteiger partial charge in [0.25, 0.3) is 5.91 Å². The maximum absolute atomic E-state index is 12.9. The lowest BCUT2D eigenvalue weighted by molar-refractivity contribution is -0.117. The fraction of sp³-hybridized carbons (Fsp3) is 0.111. The number of carbonyl (C=O) groups is 1. The van der Waals surface area contributed by atoms with E-state index in [1.54, 1.807) is 0 Å². The number of rotatable bonds is 4. The van der Waals surface area contributed by atoms with Gasteiger partial charge in [-0.15, -0.1) is 0 Å². The highest BCUT2D eigenvalue weighted by Gasteiger charge is 2.13. The molecule has 110 valence electrons. The summed E-state index contributed by atoms with van der Waals surface area (Å²) in [4.78, 5) is 12.2. The molecule has 0 fully saturated rings. The summed E-state index contributed by atoms with van der Waals surface area (Å²) in [6, 6.07) is 16.7. The van der Waals surface area contributed by atoms with Gasteiger partial charge in [0.15, 0.2) is 0 Å². The van der Waals surface area contributed by atoms with Crippen molar-refractivity contribution in [3.05, 3.63) is 77.1 Å². The van der Waals surface area contributed by atoms with Crippen molar-refractivity contribution in [2.45, 2.75) is 13.0 Å². The van der Waals surface area contributed by atoms with Crippen LogP contribution in [-0.4, -0.2) is 5.91 Å². The maximum atomic E-state index is 12.9. The number of nitriles is 1. The Morgan fingerprint density at radius 2 is 1.82 bits per heavy atom. The maximum Gasteiger partial charge on any atom is 0.262 e. The number of benzene rings is 2. The summed E-state index contributed by atoms with van der Waals surface area (Å²) in [5.41, 5.74) is 1.53. The van der Waals surface area contributed by atoms with Gasteiger partial charge >= 0.3 is 0 Å². The number of halogens is 1. The summed E-state index contributed by atoms with van der Waals surface area (Å²) in [6.45, 7) is 1.85. The third-order valence-electron chi connectivity index (χ3n) is 3.19. The molecule has 1 N–H and O–H groups in total. The van der Waals surface area contributed by atoms with Crippen LogP contribution in [0.5, 0.6) is 0 Å². The summed E-state index contributed by atoms with van der Waals surface area (Å²) >= 11 is 0. The zero-order valence-electron chi connectivity index (χ0n) is 12.1. The third-order valence-corrected chi connectivity index (χ3v) is 3.19. The first-order valence-corrected chi connectivity index (χ1v) is 6.83. The van der Waals surface area contributed by atoms with Crippen molar-refractivity contribution in [1.29, 1.82) is 5.26 Å². The molecule has 0 spiro atoms. The molecular formula is C18H15FN2O. The van der Waals surface area contributed by atoms with Crippen LogP contribution in [0.3, 0.4) is 0 Å². The van der Waals surface area contributed by atoms with E-state index in [1.165, 1.54) is 30.3 Å². The molecule has 0 bridgehead atoms. The van der Waals surface area contributed by atoms with E-state index in [0.717, 1.165) is 5.56 Å².